The number of aromatic nitrogens is 1. The second-order valence-corrected chi connectivity index (χ2v) is 4.74. The van der Waals surface area contributed by atoms with Crippen molar-refractivity contribution in [3.63, 3.8) is 0 Å². The highest BCUT2D eigenvalue weighted by Crippen LogP contribution is 2.27. The zero-order chi connectivity index (χ0) is 14.5. The van der Waals surface area contributed by atoms with E-state index < -0.39 is 5.82 Å². The molecule has 1 heterocycles. The van der Waals surface area contributed by atoms with Crippen LogP contribution >= 0.6 is 0 Å². The lowest BCUT2D eigenvalue weighted by atomic mass is 10.1. The van der Waals surface area contributed by atoms with Gasteiger partial charge in [0.2, 0.25) is 0 Å². The highest BCUT2D eigenvalue weighted by atomic mass is 19.1. The van der Waals surface area contributed by atoms with Gasteiger partial charge in [0.05, 0.1) is 0 Å². The van der Waals surface area contributed by atoms with E-state index in [2.05, 4.69) is 10.3 Å². The van der Waals surface area contributed by atoms with E-state index in [1.165, 1.54) is 0 Å². The standard InChI is InChI=1S/C16H19FN2O/c1-4-18-10-13-7-8-19-16(15(13)17)20-14-9-11(2)5-6-12(14)3/h5-9,18H,4,10H2,1-3H3. The molecule has 0 aliphatic carbocycles. The van der Waals surface area contributed by atoms with Crippen LogP contribution in [0.4, 0.5) is 4.39 Å². The van der Waals surface area contributed by atoms with Crippen LogP contribution in [0.25, 0.3) is 0 Å². The summed E-state index contributed by atoms with van der Waals surface area (Å²) in [4.78, 5) is 3.99. The van der Waals surface area contributed by atoms with Crippen molar-refractivity contribution in [3.8, 4) is 11.6 Å². The van der Waals surface area contributed by atoms with Gasteiger partial charge in [0.1, 0.15) is 5.75 Å². The molecule has 0 aliphatic heterocycles. The van der Waals surface area contributed by atoms with Gasteiger partial charge in [-0.15, -0.1) is 0 Å². The molecule has 4 heteroatoms. The topological polar surface area (TPSA) is 34.2 Å². The monoisotopic (exact) mass is 274 g/mol. The number of hydrogen-bond donors (Lipinski definition) is 1. The van der Waals surface area contributed by atoms with Gasteiger partial charge in [-0.2, -0.15) is 0 Å². The molecule has 1 aromatic carbocycles. The van der Waals surface area contributed by atoms with E-state index in [-0.39, 0.29) is 5.88 Å². The molecule has 0 unspecified atom stereocenters. The second-order valence-electron chi connectivity index (χ2n) is 4.74. The van der Waals surface area contributed by atoms with E-state index in [9.17, 15) is 4.39 Å². The van der Waals surface area contributed by atoms with Crippen molar-refractivity contribution < 1.29 is 9.13 Å². The third-order valence-electron chi connectivity index (χ3n) is 3.05. The van der Waals surface area contributed by atoms with Crippen LogP contribution in [0, 0.1) is 19.7 Å². The molecule has 0 fully saturated rings. The first-order valence-electron chi connectivity index (χ1n) is 6.71. The maximum atomic E-state index is 14.3. The molecule has 106 valence electrons. The van der Waals surface area contributed by atoms with Crippen LogP contribution in [0.15, 0.2) is 30.5 Å². The Morgan fingerprint density at radius 1 is 1.25 bits per heavy atom. The van der Waals surface area contributed by atoms with E-state index in [1.807, 2.05) is 39.0 Å². The Morgan fingerprint density at radius 2 is 2.05 bits per heavy atom. The maximum Gasteiger partial charge on any atom is 0.256 e. The average Bonchev–Trinajstić information content (AvgIpc) is 2.44. The molecular formula is C16H19FN2O. The van der Waals surface area contributed by atoms with Crippen molar-refractivity contribution in [2.45, 2.75) is 27.3 Å². The second kappa shape index (κ2) is 6.48. The predicted molar refractivity (Wildman–Crippen MR) is 77.6 cm³/mol. The summed E-state index contributed by atoms with van der Waals surface area (Å²) in [7, 11) is 0. The van der Waals surface area contributed by atoms with E-state index in [0.717, 1.165) is 17.7 Å². The minimum atomic E-state index is -0.408. The molecular weight excluding hydrogens is 255 g/mol. The number of halogens is 1. The van der Waals surface area contributed by atoms with Crippen LogP contribution in [0.1, 0.15) is 23.6 Å². The molecule has 1 aromatic heterocycles. The summed E-state index contributed by atoms with van der Waals surface area (Å²) in [6.45, 7) is 7.13. The fraction of sp³-hybridized carbons (Fsp3) is 0.312. The molecule has 0 aliphatic rings. The smallest absolute Gasteiger partial charge is 0.256 e. The Morgan fingerprint density at radius 3 is 2.80 bits per heavy atom. The van der Waals surface area contributed by atoms with E-state index in [4.69, 9.17) is 4.74 Å². The first-order chi connectivity index (χ1) is 9.61. The van der Waals surface area contributed by atoms with E-state index >= 15 is 0 Å². The van der Waals surface area contributed by atoms with E-state index in [1.54, 1.807) is 12.3 Å². The molecule has 0 saturated carbocycles. The molecule has 0 spiro atoms. The third kappa shape index (κ3) is 3.33. The van der Waals surface area contributed by atoms with Crippen LogP contribution in [0.3, 0.4) is 0 Å². The SMILES string of the molecule is CCNCc1ccnc(Oc2cc(C)ccc2C)c1F. The van der Waals surface area contributed by atoms with Gasteiger partial charge in [0, 0.05) is 18.3 Å². The molecule has 2 rings (SSSR count). The van der Waals surface area contributed by atoms with Gasteiger partial charge in [-0.3, -0.25) is 0 Å². The Labute approximate surface area is 118 Å². The summed E-state index contributed by atoms with van der Waals surface area (Å²) in [5.41, 5.74) is 2.57. The Kier molecular flexibility index (Phi) is 4.69. The summed E-state index contributed by atoms with van der Waals surface area (Å²) in [6, 6.07) is 7.49. The molecule has 0 amide bonds. The van der Waals surface area contributed by atoms with Gasteiger partial charge in [-0.1, -0.05) is 19.1 Å². The number of nitrogens with zero attached hydrogens (tertiary/aromatic N) is 1. The summed E-state index contributed by atoms with van der Waals surface area (Å²) in [6.07, 6.45) is 1.57. The summed E-state index contributed by atoms with van der Waals surface area (Å²) in [5, 5.41) is 3.09. The van der Waals surface area contributed by atoms with Gasteiger partial charge in [0.15, 0.2) is 5.82 Å². The van der Waals surface area contributed by atoms with Crippen LogP contribution in [-0.2, 0) is 6.54 Å². The number of rotatable bonds is 5. The van der Waals surface area contributed by atoms with E-state index in [0.29, 0.717) is 17.9 Å². The number of hydrogen-bond acceptors (Lipinski definition) is 3. The van der Waals surface area contributed by atoms with Crippen molar-refractivity contribution in [1.82, 2.24) is 10.3 Å². The van der Waals surface area contributed by atoms with Gasteiger partial charge in [0.25, 0.3) is 5.88 Å². The lowest BCUT2D eigenvalue weighted by Gasteiger charge is -2.11. The van der Waals surface area contributed by atoms with Gasteiger partial charge < -0.3 is 10.1 Å². The van der Waals surface area contributed by atoms with Crippen molar-refractivity contribution in [2.75, 3.05) is 6.54 Å². The molecule has 2 aromatic rings. The average molecular weight is 274 g/mol. The number of ether oxygens (including phenoxy) is 1. The predicted octanol–water partition coefficient (Wildman–Crippen LogP) is 3.74. The zero-order valence-corrected chi connectivity index (χ0v) is 12.0. The van der Waals surface area contributed by atoms with Crippen molar-refractivity contribution >= 4 is 0 Å². The highest BCUT2D eigenvalue weighted by Gasteiger charge is 2.12. The Bertz CT molecular complexity index is 599. The Hall–Kier alpha value is -1.94. The molecule has 0 radical (unpaired) electrons. The zero-order valence-electron chi connectivity index (χ0n) is 12.0. The maximum absolute atomic E-state index is 14.3. The summed E-state index contributed by atoms with van der Waals surface area (Å²) in [5.74, 6) is 0.250. The van der Waals surface area contributed by atoms with Gasteiger partial charge >= 0.3 is 0 Å². The number of aryl methyl sites for hydroxylation is 2. The minimum absolute atomic E-state index is 0.0223. The van der Waals surface area contributed by atoms with Crippen molar-refractivity contribution in [3.05, 3.63) is 53.0 Å². The number of nitrogens with one attached hydrogen (secondary N) is 1. The fourth-order valence-corrected chi connectivity index (χ4v) is 1.85. The molecule has 0 bridgehead atoms. The van der Waals surface area contributed by atoms with Crippen LogP contribution in [0.2, 0.25) is 0 Å². The third-order valence-corrected chi connectivity index (χ3v) is 3.05. The highest BCUT2D eigenvalue weighted by molar-refractivity contribution is 5.39. The van der Waals surface area contributed by atoms with Crippen LogP contribution in [0.5, 0.6) is 11.6 Å². The number of pyridine rings is 1. The largest absolute Gasteiger partial charge is 0.436 e. The molecule has 1 N–H and O–H groups in total. The molecule has 0 saturated heterocycles. The Balaban J connectivity index is 2.27. The van der Waals surface area contributed by atoms with Crippen LogP contribution < -0.4 is 10.1 Å². The van der Waals surface area contributed by atoms with Crippen LogP contribution in [-0.4, -0.2) is 11.5 Å². The molecule has 0 atom stereocenters. The van der Waals surface area contributed by atoms with Crippen molar-refractivity contribution in [2.24, 2.45) is 0 Å². The molecule has 3 nitrogen and oxygen atoms in total. The lowest BCUT2D eigenvalue weighted by Crippen LogP contribution is -2.13. The summed E-state index contributed by atoms with van der Waals surface area (Å²) >= 11 is 0. The normalized spacial score (nSPS) is 10.6. The molecule has 20 heavy (non-hydrogen) atoms. The van der Waals surface area contributed by atoms with Crippen molar-refractivity contribution in [1.29, 1.82) is 0 Å². The number of benzene rings is 1. The first kappa shape index (κ1) is 14.5. The van der Waals surface area contributed by atoms with Gasteiger partial charge in [-0.05, 0) is 43.7 Å². The fourth-order valence-electron chi connectivity index (χ4n) is 1.85. The quantitative estimate of drug-likeness (QED) is 0.902. The first-order valence-corrected chi connectivity index (χ1v) is 6.71. The lowest BCUT2D eigenvalue weighted by molar-refractivity contribution is 0.415. The van der Waals surface area contributed by atoms with Gasteiger partial charge in [-0.25, -0.2) is 9.37 Å². The summed E-state index contributed by atoms with van der Waals surface area (Å²) < 4.78 is 19.9. The minimum Gasteiger partial charge on any atom is -0.436 e.